The summed E-state index contributed by atoms with van der Waals surface area (Å²) in [6.07, 6.45) is 4.22. The van der Waals surface area contributed by atoms with E-state index in [1.807, 2.05) is 29.8 Å². The number of nitrogens with zero attached hydrogens (tertiary/aromatic N) is 1. The highest BCUT2D eigenvalue weighted by Gasteiger charge is 2.10. The molecule has 0 saturated heterocycles. The molecule has 3 nitrogen and oxygen atoms in total. The number of pyridine rings is 1. The van der Waals surface area contributed by atoms with Gasteiger partial charge in [-0.3, -0.25) is 4.98 Å². The smallest absolute Gasteiger partial charge is 0.105 e. The maximum atomic E-state index is 6.15. The van der Waals surface area contributed by atoms with Gasteiger partial charge in [-0.1, -0.05) is 0 Å². The number of nitrogens with two attached hydrogens (primary N) is 1. The van der Waals surface area contributed by atoms with E-state index in [0.717, 1.165) is 16.8 Å². The average Bonchev–Trinajstić information content (AvgIpc) is 2.97. The molecule has 3 heterocycles. The summed E-state index contributed by atoms with van der Waals surface area (Å²) in [6, 6.07) is 7.88. The van der Waals surface area contributed by atoms with Crippen molar-refractivity contribution in [1.82, 2.24) is 4.98 Å². The van der Waals surface area contributed by atoms with Gasteiger partial charge in [0.25, 0.3) is 0 Å². The lowest BCUT2D eigenvalue weighted by atomic mass is 10.1. The van der Waals surface area contributed by atoms with E-state index in [4.69, 9.17) is 10.2 Å². The second kappa shape index (κ2) is 4.31. The fraction of sp³-hybridized carbons (Fsp3) is 0.154. The largest absolute Gasteiger partial charge is 0.469 e. The quantitative estimate of drug-likeness (QED) is 0.770. The molecular formula is C13H12N2OS. The lowest BCUT2D eigenvalue weighted by Gasteiger charge is -2.09. The monoisotopic (exact) mass is 244 g/mol. The molecule has 0 aliphatic carbocycles. The third-order valence-electron chi connectivity index (χ3n) is 2.75. The highest BCUT2D eigenvalue weighted by atomic mass is 32.1. The molecule has 4 heteroatoms. The molecule has 3 rings (SSSR count). The van der Waals surface area contributed by atoms with Crippen molar-refractivity contribution in [1.29, 1.82) is 0 Å². The summed E-state index contributed by atoms with van der Waals surface area (Å²) in [6.45, 7) is 0. The minimum Gasteiger partial charge on any atom is -0.469 e. The summed E-state index contributed by atoms with van der Waals surface area (Å²) in [5.74, 6) is 0.906. The second-order valence-electron chi connectivity index (χ2n) is 3.96. The first kappa shape index (κ1) is 10.5. The highest BCUT2D eigenvalue weighted by molar-refractivity contribution is 7.17. The Hall–Kier alpha value is -1.65. The molecule has 3 aromatic heterocycles. The Labute approximate surface area is 103 Å². The number of hydrogen-bond donors (Lipinski definition) is 1. The van der Waals surface area contributed by atoms with Crippen molar-refractivity contribution in [3.05, 3.63) is 53.4 Å². The van der Waals surface area contributed by atoms with Gasteiger partial charge in [-0.05, 0) is 35.2 Å². The lowest BCUT2D eigenvalue weighted by molar-refractivity contribution is 0.488. The van der Waals surface area contributed by atoms with Crippen LogP contribution in [0.5, 0.6) is 0 Å². The van der Waals surface area contributed by atoms with Gasteiger partial charge in [0, 0.05) is 18.7 Å². The Morgan fingerprint density at radius 1 is 1.41 bits per heavy atom. The molecule has 0 bridgehead atoms. The number of rotatable bonds is 3. The van der Waals surface area contributed by atoms with Crippen LogP contribution in [-0.4, -0.2) is 4.98 Å². The van der Waals surface area contributed by atoms with Crippen LogP contribution in [0.15, 0.2) is 46.5 Å². The van der Waals surface area contributed by atoms with Gasteiger partial charge in [-0.25, -0.2) is 0 Å². The van der Waals surface area contributed by atoms with Crippen LogP contribution >= 0.6 is 11.3 Å². The van der Waals surface area contributed by atoms with Crippen molar-refractivity contribution in [3.63, 3.8) is 0 Å². The number of hydrogen-bond acceptors (Lipinski definition) is 4. The van der Waals surface area contributed by atoms with E-state index in [1.165, 1.54) is 4.70 Å². The standard InChI is InChI=1S/C13H12N2OS/c14-11(7-10-2-1-4-16-10)9-6-13-12(15-8-9)3-5-17-13/h1-6,8,11H,7,14H2. The molecule has 0 aliphatic heterocycles. The van der Waals surface area contributed by atoms with Gasteiger partial charge < -0.3 is 10.2 Å². The van der Waals surface area contributed by atoms with E-state index in [1.54, 1.807) is 17.6 Å². The van der Waals surface area contributed by atoms with Gasteiger partial charge in [0.15, 0.2) is 0 Å². The Morgan fingerprint density at radius 2 is 2.35 bits per heavy atom. The number of furan rings is 1. The van der Waals surface area contributed by atoms with Crippen molar-refractivity contribution < 1.29 is 4.42 Å². The Bertz CT molecular complexity index is 615. The summed E-state index contributed by atoms with van der Waals surface area (Å²) in [5, 5.41) is 2.04. The van der Waals surface area contributed by atoms with Crippen LogP contribution in [0.25, 0.3) is 10.2 Å². The van der Waals surface area contributed by atoms with Gasteiger partial charge in [0.05, 0.1) is 16.5 Å². The van der Waals surface area contributed by atoms with E-state index in [0.29, 0.717) is 6.42 Å². The first-order valence-corrected chi connectivity index (χ1v) is 6.32. The molecule has 0 fully saturated rings. The molecule has 0 saturated carbocycles. The number of fused-ring (bicyclic) bond motifs is 1. The summed E-state index contributed by atoms with van der Waals surface area (Å²) in [5.41, 5.74) is 8.23. The zero-order chi connectivity index (χ0) is 11.7. The predicted octanol–water partition coefficient (Wildman–Crippen LogP) is 3.13. The van der Waals surface area contributed by atoms with E-state index in [2.05, 4.69) is 11.1 Å². The fourth-order valence-corrected chi connectivity index (χ4v) is 2.62. The maximum absolute atomic E-state index is 6.15. The van der Waals surface area contributed by atoms with Crippen LogP contribution in [0.3, 0.4) is 0 Å². The van der Waals surface area contributed by atoms with Crippen LogP contribution in [0.2, 0.25) is 0 Å². The van der Waals surface area contributed by atoms with Crippen LogP contribution in [0.1, 0.15) is 17.4 Å². The van der Waals surface area contributed by atoms with Gasteiger partial charge in [0.2, 0.25) is 0 Å². The molecule has 0 aromatic carbocycles. The van der Waals surface area contributed by atoms with Crippen LogP contribution < -0.4 is 5.73 Å². The minimum atomic E-state index is -0.0693. The molecule has 0 spiro atoms. The minimum absolute atomic E-state index is 0.0693. The maximum Gasteiger partial charge on any atom is 0.105 e. The van der Waals surface area contributed by atoms with Crippen molar-refractivity contribution >= 4 is 21.6 Å². The first-order valence-electron chi connectivity index (χ1n) is 5.44. The summed E-state index contributed by atoms with van der Waals surface area (Å²) in [4.78, 5) is 4.39. The van der Waals surface area contributed by atoms with Gasteiger partial charge in [-0.2, -0.15) is 0 Å². The van der Waals surface area contributed by atoms with Crippen molar-refractivity contribution in [2.45, 2.75) is 12.5 Å². The van der Waals surface area contributed by atoms with Crippen LogP contribution in [0, 0.1) is 0 Å². The Kier molecular flexibility index (Phi) is 2.66. The highest BCUT2D eigenvalue weighted by Crippen LogP contribution is 2.23. The van der Waals surface area contributed by atoms with Crippen LogP contribution in [-0.2, 0) is 6.42 Å². The van der Waals surface area contributed by atoms with E-state index in [9.17, 15) is 0 Å². The zero-order valence-corrected chi connectivity index (χ0v) is 9.98. The molecule has 0 amide bonds. The fourth-order valence-electron chi connectivity index (χ4n) is 1.83. The third kappa shape index (κ3) is 2.09. The average molecular weight is 244 g/mol. The zero-order valence-electron chi connectivity index (χ0n) is 9.17. The third-order valence-corrected chi connectivity index (χ3v) is 3.61. The SMILES string of the molecule is NC(Cc1ccco1)c1cnc2ccsc2c1. The van der Waals surface area contributed by atoms with E-state index >= 15 is 0 Å². The van der Waals surface area contributed by atoms with Gasteiger partial charge in [0.1, 0.15) is 5.76 Å². The Morgan fingerprint density at radius 3 is 3.18 bits per heavy atom. The molecule has 1 atom stereocenters. The summed E-state index contributed by atoms with van der Waals surface area (Å²) >= 11 is 1.69. The predicted molar refractivity (Wildman–Crippen MR) is 69.0 cm³/mol. The van der Waals surface area contributed by atoms with Crippen molar-refractivity contribution in [2.75, 3.05) is 0 Å². The molecule has 0 aliphatic rings. The van der Waals surface area contributed by atoms with Gasteiger partial charge in [-0.15, -0.1) is 11.3 Å². The van der Waals surface area contributed by atoms with Crippen molar-refractivity contribution in [2.24, 2.45) is 5.73 Å². The molecule has 1 unspecified atom stereocenters. The molecule has 86 valence electrons. The summed E-state index contributed by atoms with van der Waals surface area (Å²) in [7, 11) is 0. The van der Waals surface area contributed by atoms with E-state index < -0.39 is 0 Å². The first-order chi connectivity index (χ1) is 8.33. The number of thiophene rings is 1. The molecule has 17 heavy (non-hydrogen) atoms. The van der Waals surface area contributed by atoms with Crippen LogP contribution in [0.4, 0.5) is 0 Å². The van der Waals surface area contributed by atoms with Crippen molar-refractivity contribution in [3.8, 4) is 0 Å². The molecule has 3 aromatic rings. The number of aromatic nitrogens is 1. The molecule has 2 N–H and O–H groups in total. The molecular weight excluding hydrogens is 232 g/mol. The Balaban J connectivity index is 1.87. The second-order valence-corrected chi connectivity index (χ2v) is 4.91. The molecule has 0 radical (unpaired) electrons. The van der Waals surface area contributed by atoms with E-state index in [-0.39, 0.29) is 6.04 Å². The summed E-state index contributed by atoms with van der Waals surface area (Å²) < 4.78 is 6.48. The van der Waals surface area contributed by atoms with Gasteiger partial charge >= 0.3 is 0 Å². The normalized spacial score (nSPS) is 13.0. The lowest BCUT2D eigenvalue weighted by Crippen LogP contribution is -2.13. The topological polar surface area (TPSA) is 52.0 Å².